The van der Waals surface area contributed by atoms with E-state index in [1.54, 1.807) is 14.2 Å². The van der Waals surface area contributed by atoms with Gasteiger partial charge in [-0.2, -0.15) is 8.78 Å². The van der Waals surface area contributed by atoms with Gasteiger partial charge in [-0.1, -0.05) is 28.8 Å². The highest BCUT2D eigenvalue weighted by atomic mass is 127. The summed E-state index contributed by atoms with van der Waals surface area (Å²) in [6.07, 6.45) is 2.74. The van der Waals surface area contributed by atoms with Gasteiger partial charge in [-0.05, 0) is 61.4 Å². The van der Waals surface area contributed by atoms with Crippen molar-refractivity contribution in [3.05, 3.63) is 55.7 Å². The van der Waals surface area contributed by atoms with Crippen LogP contribution in [0.3, 0.4) is 0 Å². The Balaban J connectivity index is 0.000000340. The first-order valence-electron chi connectivity index (χ1n) is 10.0. The molecule has 0 aliphatic carbocycles. The number of alkyl halides is 3. The van der Waals surface area contributed by atoms with E-state index in [0.717, 1.165) is 29.7 Å². The first-order chi connectivity index (χ1) is 16.0. The molecule has 0 unspecified atom stereocenters. The third-order valence-corrected chi connectivity index (χ3v) is 8.17. The standard InChI is InChI=1S/C14H14IO2.C8H13BrF2O5S/c1-16-13-7-3-11(4-8-13)15-12-5-9-14(17-2)10-6-12;9-5-3-1-2-4-6-16-7(12)8(10,11)17(13,14)15/h3-10H,1-2H3;1-6H2,(H,13,14,15)/q+1;/p-1. The molecule has 0 bridgehead atoms. The lowest BCUT2D eigenvalue weighted by atomic mass is 10.2. The maximum atomic E-state index is 12.6. The maximum Gasteiger partial charge on any atom is 0.428 e. The summed E-state index contributed by atoms with van der Waals surface area (Å²) in [6.45, 7) is -0.327. The smallest absolute Gasteiger partial charge is 0.428 e. The molecule has 0 radical (unpaired) electrons. The van der Waals surface area contributed by atoms with E-state index in [1.807, 2.05) is 24.3 Å². The van der Waals surface area contributed by atoms with E-state index in [0.29, 0.717) is 12.8 Å². The fourth-order valence-corrected chi connectivity index (χ4v) is 5.11. The molecule has 12 heteroatoms. The summed E-state index contributed by atoms with van der Waals surface area (Å²) in [4.78, 5) is 10.6. The average molecular weight is 679 g/mol. The molecule has 0 aliphatic rings. The predicted octanol–water partition coefficient (Wildman–Crippen LogP) is 1.46. The number of rotatable bonds is 12. The molecule has 0 aromatic heterocycles. The minimum Gasteiger partial charge on any atom is -0.743 e. The molecule has 7 nitrogen and oxygen atoms in total. The Hall–Kier alpha value is -1.51. The van der Waals surface area contributed by atoms with Gasteiger partial charge in [-0.3, -0.25) is 0 Å². The molecule has 2 aromatic rings. The van der Waals surface area contributed by atoms with E-state index in [4.69, 9.17) is 9.47 Å². The van der Waals surface area contributed by atoms with Crippen molar-refractivity contribution >= 4 is 32.0 Å². The number of esters is 1. The van der Waals surface area contributed by atoms with Crippen LogP contribution in [0.15, 0.2) is 48.5 Å². The fraction of sp³-hybridized carbons (Fsp3) is 0.409. The Labute approximate surface area is 217 Å². The third-order valence-electron chi connectivity index (χ3n) is 4.13. The van der Waals surface area contributed by atoms with Crippen LogP contribution < -0.4 is 30.7 Å². The minimum absolute atomic E-state index is 0.119. The SMILES string of the molecule is COc1ccc([I+]c2ccc(OC)cc2)cc1.O=C(OCCCCCCBr)C(F)(F)S(=O)(=O)[O-]. The summed E-state index contributed by atoms with van der Waals surface area (Å²) in [5, 5.41) is -4.19. The van der Waals surface area contributed by atoms with Gasteiger partial charge in [-0.15, -0.1) is 0 Å². The van der Waals surface area contributed by atoms with Crippen LogP contribution in [0.1, 0.15) is 25.7 Å². The summed E-state index contributed by atoms with van der Waals surface area (Å²) in [6, 6.07) is 16.6. The van der Waals surface area contributed by atoms with Gasteiger partial charge in [0, 0.05) is 5.33 Å². The second-order valence-electron chi connectivity index (χ2n) is 6.62. The molecule has 0 spiro atoms. The molecule has 0 aliphatic heterocycles. The zero-order valence-electron chi connectivity index (χ0n) is 18.6. The molecule has 0 amide bonds. The van der Waals surface area contributed by atoms with Gasteiger partial charge in [0.25, 0.3) is 0 Å². The lowest BCUT2D eigenvalue weighted by molar-refractivity contribution is -0.597. The van der Waals surface area contributed by atoms with Crippen molar-refractivity contribution in [3.8, 4) is 11.5 Å². The highest BCUT2D eigenvalue weighted by molar-refractivity contribution is 9.09. The van der Waals surface area contributed by atoms with Crippen LogP contribution in [-0.2, 0) is 19.6 Å². The van der Waals surface area contributed by atoms with Gasteiger partial charge >= 0.3 is 32.4 Å². The Morgan fingerprint density at radius 2 is 1.35 bits per heavy atom. The zero-order valence-corrected chi connectivity index (χ0v) is 23.2. The van der Waals surface area contributed by atoms with Gasteiger partial charge in [0.15, 0.2) is 17.3 Å². The maximum absolute atomic E-state index is 12.6. The van der Waals surface area contributed by atoms with Crippen molar-refractivity contribution in [3.63, 3.8) is 0 Å². The Morgan fingerprint density at radius 1 is 0.912 bits per heavy atom. The van der Waals surface area contributed by atoms with Crippen LogP contribution in [0.25, 0.3) is 0 Å². The van der Waals surface area contributed by atoms with E-state index in [1.165, 1.54) is 7.14 Å². The van der Waals surface area contributed by atoms with Crippen LogP contribution in [-0.4, -0.2) is 50.4 Å². The molecular weight excluding hydrogens is 653 g/mol. The van der Waals surface area contributed by atoms with E-state index in [9.17, 15) is 26.5 Å². The minimum atomic E-state index is -6.02. The topological polar surface area (TPSA) is 102 Å². The normalized spacial score (nSPS) is 11.2. The molecule has 0 saturated carbocycles. The summed E-state index contributed by atoms with van der Waals surface area (Å²) in [5.74, 6) is -0.493. The largest absolute Gasteiger partial charge is 0.743 e. The second kappa shape index (κ2) is 15.5. The van der Waals surface area contributed by atoms with Crippen molar-refractivity contribution in [1.29, 1.82) is 0 Å². The van der Waals surface area contributed by atoms with E-state index in [2.05, 4.69) is 44.9 Å². The van der Waals surface area contributed by atoms with Crippen molar-refractivity contribution in [2.75, 3.05) is 26.2 Å². The van der Waals surface area contributed by atoms with Gasteiger partial charge in [0.1, 0.15) is 11.5 Å². The monoisotopic (exact) mass is 678 g/mol. The summed E-state index contributed by atoms with van der Waals surface area (Å²) in [7, 11) is -2.64. The molecule has 0 heterocycles. The van der Waals surface area contributed by atoms with Crippen LogP contribution in [0.4, 0.5) is 8.78 Å². The summed E-state index contributed by atoms with van der Waals surface area (Å²) < 4.78 is 72.4. The van der Waals surface area contributed by atoms with Gasteiger partial charge < -0.3 is 18.8 Å². The number of methoxy groups -OCH3 is 2. The number of halogens is 4. The van der Waals surface area contributed by atoms with Gasteiger partial charge in [0.05, 0.1) is 20.8 Å². The number of ether oxygens (including phenoxy) is 3. The summed E-state index contributed by atoms with van der Waals surface area (Å²) in [5.41, 5.74) is 0. The quantitative estimate of drug-likeness (QED) is 0.110. The number of hydrogen-bond acceptors (Lipinski definition) is 7. The van der Waals surface area contributed by atoms with Crippen molar-refractivity contribution in [2.24, 2.45) is 0 Å². The van der Waals surface area contributed by atoms with Gasteiger partial charge in [-0.25, -0.2) is 13.2 Å². The summed E-state index contributed by atoms with van der Waals surface area (Å²) >= 11 is 3.09. The number of carbonyl (C=O) groups is 1. The first kappa shape index (κ1) is 30.5. The van der Waals surface area contributed by atoms with Crippen molar-refractivity contribution in [1.82, 2.24) is 0 Å². The van der Waals surface area contributed by atoms with Crippen molar-refractivity contribution < 1.29 is 62.0 Å². The Morgan fingerprint density at radius 3 is 1.74 bits per heavy atom. The van der Waals surface area contributed by atoms with Crippen LogP contribution in [0.2, 0.25) is 0 Å². The molecular formula is C22H26BrF2IO7S. The fourth-order valence-electron chi connectivity index (χ4n) is 2.29. The average Bonchev–Trinajstić information content (AvgIpc) is 2.82. The molecule has 34 heavy (non-hydrogen) atoms. The first-order valence-corrected chi connectivity index (χ1v) is 14.7. The third kappa shape index (κ3) is 10.8. The van der Waals surface area contributed by atoms with Crippen LogP contribution in [0.5, 0.6) is 11.5 Å². The second-order valence-corrected chi connectivity index (χ2v) is 11.9. The Bertz CT molecular complexity index is 926. The van der Waals surface area contributed by atoms with Gasteiger partial charge in [0.2, 0.25) is 0 Å². The molecule has 2 rings (SSSR count). The number of carbonyl (C=O) groups excluding carboxylic acids is 1. The highest BCUT2D eigenvalue weighted by Gasteiger charge is 2.48. The number of hydrogen-bond donors (Lipinski definition) is 0. The van der Waals surface area contributed by atoms with Crippen molar-refractivity contribution in [2.45, 2.75) is 30.9 Å². The van der Waals surface area contributed by atoms with E-state index >= 15 is 0 Å². The molecule has 0 saturated heterocycles. The molecule has 190 valence electrons. The molecule has 0 N–H and O–H groups in total. The van der Waals surface area contributed by atoms with E-state index in [-0.39, 0.29) is 27.8 Å². The zero-order chi connectivity index (χ0) is 25.6. The number of benzene rings is 2. The molecule has 0 fully saturated rings. The Kier molecular flexibility index (Phi) is 13.9. The van der Waals surface area contributed by atoms with Crippen LogP contribution >= 0.6 is 15.9 Å². The lowest BCUT2D eigenvalue weighted by Crippen LogP contribution is -3.61. The van der Waals surface area contributed by atoms with Crippen LogP contribution in [0, 0.1) is 7.14 Å². The highest BCUT2D eigenvalue weighted by Crippen LogP contribution is 2.22. The van der Waals surface area contributed by atoms with E-state index < -0.39 is 21.3 Å². The number of unbranched alkanes of at least 4 members (excludes halogenated alkanes) is 3. The lowest BCUT2D eigenvalue weighted by Gasteiger charge is -2.17. The predicted molar refractivity (Wildman–Crippen MR) is 121 cm³/mol. The molecule has 2 aromatic carbocycles. The molecule has 0 atom stereocenters.